The van der Waals surface area contributed by atoms with Gasteiger partial charge in [0.2, 0.25) is 4.96 Å². The van der Waals surface area contributed by atoms with Gasteiger partial charge in [-0.05, 0) is 18.6 Å². The Labute approximate surface area is 118 Å². The minimum atomic E-state index is 0.832. The summed E-state index contributed by atoms with van der Waals surface area (Å²) in [5.41, 5.74) is 2.08. The van der Waals surface area contributed by atoms with E-state index in [1.54, 1.807) is 11.3 Å². The van der Waals surface area contributed by atoms with E-state index in [4.69, 9.17) is 0 Å². The van der Waals surface area contributed by atoms with Crippen LogP contribution in [-0.2, 0) is 6.42 Å². The van der Waals surface area contributed by atoms with E-state index in [1.165, 1.54) is 0 Å². The maximum Gasteiger partial charge on any atom is 0.234 e. The molecule has 6 nitrogen and oxygen atoms in total. The van der Waals surface area contributed by atoms with Gasteiger partial charge < -0.3 is 0 Å². The first-order valence-electron chi connectivity index (χ1n) is 6.50. The van der Waals surface area contributed by atoms with Crippen molar-refractivity contribution in [3.05, 3.63) is 36.4 Å². The zero-order chi connectivity index (χ0) is 13.5. The Morgan fingerprint density at radius 2 is 2.20 bits per heavy atom. The average molecular weight is 284 g/mol. The van der Waals surface area contributed by atoms with E-state index >= 15 is 0 Å². The number of hydrogen-bond acceptors (Lipinski definition) is 5. The number of nitrogens with zero attached hydrogens (tertiary/aromatic N) is 6. The van der Waals surface area contributed by atoms with Gasteiger partial charge in [0.1, 0.15) is 0 Å². The van der Waals surface area contributed by atoms with Gasteiger partial charge in [-0.25, -0.2) is 4.52 Å². The van der Waals surface area contributed by atoms with Crippen molar-refractivity contribution in [3.63, 3.8) is 0 Å². The minimum absolute atomic E-state index is 0.832. The molecule has 0 aliphatic rings. The summed E-state index contributed by atoms with van der Waals surface area (Å²) in [6.45, 7) is 2.12. The maximum atomic E-state index is 4.64. The number of hydrogen-bond donors (Lipinski definition) is 0. The van der Waals surface area contributed by atoms with Crippen molar-refractivity contribution in [2.75, 3.05) is 0 Å². The van der Waals surface area contributed by atoms with Crippen LogP contribution < -0.4 is 0 Å². The normalized spacial score (nSPS) is 11.7. The summed E-state index contributed by atoms with van der Waals surface area (Å²) in [5, 5.41) is 18.3. The smallest absolute Gasteiger partial charge is 0.234 e. The molecule has 0 N–H and O–H groups in total. The van der Waals surface area contributed by atoms with Crippen molar-refractivity contribution in [1.82, 2.24) is 29.4 Å². The van der Waals surface area contributed by atoms with E-state index in [2.05, 4.69) is 27.3 Å². The third-order valence-electron chi connectivity index (χ3n) is 3.19. The SMILES string of the molecule is CCCc1nnc2sc(-c3cnn4ccccc34)nn12. The Hall–Kier alpha value is -2.28. The highest BCUT2D eigenvalue weighted by Crippen LogP contribution is 2.28. The van der Waals surface area contributed by atoms with Gasteiger partial charge in [0.25, 0.3) is 0 Å². The van der Waals surface area contributed by atoms with Crippen molar-refractivity contribution < 1.29 is 0 Å². The largest absolute Gasteiger partial charge is 0.240 e. The second-order valence-corrected chi connectivity index (χ2v) is 5.51. The van der Waals surface area contributed by atoms with Gasteiger partial charge in [-0.1, -0.05) is 24.3 Å². The zero-order valence-corrected chi connectivity index (χ0v) is 11.7. The highest BCUT2D eigenvalue weighted by Gasteiger charge is 2.15. The van der Waals surface area contributed by atoms with Crippen LogP contribution in [0.1, 0.15) is 19.2 Å². The summed E-state index contributed by atoms with van der Waals surface area (Å²) in [5.74, 6) is 0.918. The Morgan fingerprint density at radius 3 is 3.10 bits per heavy atom. The lowest BCUT2D eigenvalue weighted by Crippen LogP contribution is -1.95. The fourth-order valence-corrected chi connectivity index (χ4v) is 3.12. The molecule has 7 heteroatoms. The van der Waals surface area contributed by atoms with Gasteiger partial charge in [0, 0.05) is 12.6 Å². The van der Waals surface area contributed by atoms with Crippen LogP contribution in [0.25, 0.3) is 21.0 Å². The van der Waals surface area contributed by atoms with Gasteiger partial charge in [-0.15, -0.1) is 10.2 Å². The van der Waals surface area contributed by atoms with Gasteiger partial charge in [-0.3, -0.25) is 0 Å². The van der Waals surface area contributed by atoms with E-state index in [0.717, 1.165) is 39.7 Å². The number of aromatic nitrogens is 6. The third-order valence-corrected chi connectivity index (χ3v) is 4.12. The molecule has 4 aromatic heterocycles. The fourth-order valence-electron chi connectivity index (χ4n) is 2.25. The standard InChI is InChI=1S/C13H12N6S/c1-2-5-11-15-16-13-19(11)17-12(20-13)9-8-14-18-7-4-3-6-10(9)18/h3-4,6-8H,2,5H2,1H3. The molecule has 0 unspecified atom stereocenters. The van der Waals surface area contributed by atoms with Crippen LogP contribution in [0.3, 0.4) is 0 Å². The third kappa shape index (κ3) is 1.63. The lowest BCUT2D eigenvalue weighted by Gasteiger charge is -1.94. The second-order valence-electron chi connectivity index (χ2n) is 4.56. The van der Waals surface area contributed by atoms with E-state index in [0.29, 0.717) is 0 Å². The molecule has 0 radical (unpaired) electrons. The van der Waals surface area contributed by atoms with E-state index < -0.39 is 0 Å². The Balaban J connectivity index is 1.89. The molecule has 0 saturated heterocycles. The highest BCUT2D eigenvalue weighted by atomic mass is 32.1. The summed E-state index contributed by atoms with van der Waals surface area (Å²) in [7, 11) is 0. The zero-order valence-electron chi connectivity index (χ0n) is 10.9. The quantitative estimate of drug-likeness (QED) is 0.580. The molecule has 0 amide bonds. The van der Waals surface area contributed by atoms with Crippen LogP contribution in [-0.4, -0.2) is 29.4 Å². The Bertz CT molecular complexity index is 887. The molecular formula is C13H12N6S. The molecule has 0 atom stereocenters. The van der Waals surface area contributed by atoms with Crippen LogP contribution in [0.4, 0.5) is 0 Å². The topological polar surface area (TPSA) is 60.4 Å². The minimum Gasteiger partial charge on any atom is -0.240 e. The van der Waals surface area contributed by atoms with Gasteiger partial charge >= 0.3 is 0 Å². The van der Waals surface area contributed by atoms with Crippen molar-refractivity contribution >= 4 is 21.8 Å². The summed E-state index contributed by atoms with van der Waals surface area (Å²) < 4.78 is 3.70. The van der Waals surface area contributed by atoms with Crippen molar-refractivity contribution in [2.45, 2.75) is 19.8 Å². The molecule has 4 rings (SSSR count). The summed E-state index contributed by atoms with van der Waals surface area (Å²) in [4.78, 5) is 0.832. The fraction of sp³-hybridized carbons (Fsp3) is 0.231. The number of pyridine rings is 1. The first-order chi connectivity index (χ1) is 9.86. The predicted molar refractivity (Wildman–Crippen MR) is 76.8 cm³/mol. The molecule has 0 aliphatic carbocycles. The lowest BCUT2D eigenvalue weighted by molar-refractivity contribution is 0.778. The Kier molecular flexibility index (Phi) is 2.53. The number of aryl methyl sites for hydroxylation is 1. The predicted octanol–water partition coefficient (Wildman–Crippen LogP) is 2.45. The molecule has 0 saturated carbocycles. The molecule has 0 fully saturated rings. The molecule has 4 aromatic rings. The monoisotopic (exact) mass is 284 g/mol. The molecule has 0 aromatic carbocycles. The molecule has 4 heterocycles. The van der Waals surface area contributed by atoms with E-state index in [1.807, 2.05) is 39.6 Å². The second kappa shape index (κ2) is 4.38. The summed E-state index contributed by atoms with van der Waals surface area (Å²) in [6.07, 6.45) is 5.70. The van der Waals surface area contributed by atoms with Crippen molar-refractivity contribution in [3.8, 4) is 10.6 Å². The first kappa shape index (κ1) is 11.5. The molecular weight excluding hydrogens is 272 g/mol. The molecule has 0 aliphatic heterocycles. The van der Waals surface area contributed by atoms with Crippen LogP contribution >= 0.6 is 11.3 Å². The van der Waals surface area contributed by atoms with Crippen LogP contribution in [0.5, 0.6) is 0 Å². The molecule has 0 bridgehead atoms. The average Bonchev–Trinajstić information content (AvgIpc) is 3.13. The molecule has 20 heavy (non-hydrogen) atoms. The van der Waals surface area contributed by atoms with E-state index in [9.17, 15) is 0 Å². The Morgan fingerprint density at radius 1 is 1.25 bits per heavy atom. The summed E-state index contributed by atoms with van der Waals surface area (Å²) >= 11 is 1.54. The molecule has 100 valence electrons. The van der Waals surface area contributed by atoms with Crippen LogP contribution in [0.15, 0.2) is 30.6 Å². The number of rotatable bonds is 3. The lowest BCUT2D eigenvalue weighted by atomic mass is 10.3. The highest BCUT2D eigenvalue weighted by molar-refractivity contribution is 7.19. The van der Waals surface area contributed by atoms with Gasteiger partial charge in [0.15, 0.2) is 10.8 Å². The van der Waals surface area contributed by atoms with Crippen molar-refractivity contribution in [2.24, 2.45) is 0 Å². The molecule has 0 spiro atoms. The maximum absolute atomic E-state index is 4.64. The van der Waals surface area contributed by atoms with Crippen molar-refractivity contribution in [1.29, 1.82) is 0 Å². The van der Waals surface area contributed by atoms with Crippen LogP contribution in [0.2, 0.25) is 0 Å². The van der Waals surface area contributed by atoms with Gasteiger partial charge in [0.05, 0.1) is 17.3 Å². The van der Waals surface area contributed by atoms with Gasteiger partial charge in [-0.2, -0.15) is 14.7 Å². The first-order valence-corrected chi connectivity index (χ1v) is 7.32. The summed E-state index contributed by atoms with van der Waals surface area (Å²) in [6, 6.07) is 6.00. The van der Waals surface area contributed by atoms with E-state index in [-0.39, 0.29) is 0 Å². The van der Waals surface area contributed by atoms with Crippen LogP contribution in [0, 0.1) is 0 Å². The number of fused-ring (bicyclic) bond motifs is 2.